The van der Waals surface area contributed by atoms with Gasteiger partial charge in [-0.1, -0.05) is 11.6 Å². The molecule has 5 nitrogen and oxygen atoms in total. The molecule has 0 saturated carbocycles. The maximum Gasteiger partial charge on any atom is 0.243 e. The van der Waals surface area contributed by atoms with Crippen molar-refractivity contribution in [2.45, 2.75) is 18.7 Å². The lowest BCUT2D eigenvalue weighted by molar-refractivity contribution is -0.114. The first-order chi connectivity index (χ1) is 11.2. The van der Waals surface area contributed by atoms with Crippen molar-refractivity contribution in [2.24, 2.45) is 0 Å². The zero-order valence-corrected chi connectivity index (χ0v) is 15.3. The van der Waals surface area contributed by atoms with E-state index < -0.39 is 9.84 Å². The third kappa shape index (κ3) is 4.72. The van der Waals surface area contributed by atoms with Gasteiger partial charge in [0.15, 0.2) is 9.84 Å². The van der Waals surface area contributed by atoms with Crippen LogP contribution in [-0.2, 0) is 14.6 Å². The molecule has 7 heteroatoms. The largest absolute Gasteiger partial charge is 0.376 e. The van der Waals surface area contributed by atoms with E-state index in [1.807, 2.05) is 13.0 Å². The lowest BCUT2D eigenvalue weighted by atomic mass is 10.1. The summed E-state index contributed by atoms with van der Waals surface area (Å²) >= 11 is 5.80. The van der Waals surface area contributed by atoms with Crippen molar-refractivity contribution in [3.63, 3.8) is 0 Å². The van der Waals surface area contributed by atoms with E-state index in [0.29, 0.717) is 22.0 Å². The fraction of sp³-hybridized carbons (Fsp3) is 0.235. The van der Waals surface area contributed by atoms with Crippen molar-refractivity contribution in [1.82, 2.24) is 0 Å². The van der Waals surface area contributed by atoms with Crippen LogP contribution in [-0.4, -0.2) is 27.1 Å². The van der Waals surface area contributed by atoms with E-state index >= 15 is 0 Å². The Bertz CT molecular complexity index is 862. The third-order valence-electron chi connectivity index (χ3n) is 3.47. The first-order valence-electron chi connectivity index (χ1n) is 7.27. The van der Waals surface area contributed by atoms with Gasteiger partial charge in [-0.05, 0) is 61.4 Å². The maximum atomic E-state index is 12.0. The number of hydrogen-bond acceptors (Lipinski definition) is 4. The van der Waals surface area contributed by atoms with Gasteiger partial charge in [0.25, 0.3) is 0 Å². The van der Waals surface area contributed by atoms with Crippen LogP contribution >= 0.6 is 11.6 Å². The molecule has 1 amide bonds. The Morgan fingerprint density at radius 2 is 1.75 bits per heavy atom. The number of benzene rings is 2. The zero-order chi connectivity index (χ0) is 17.9. The molecule has 0 aliphatic heterocycles. The minimum atomic E-state index is -3.32. The molecule has 0 unspecified atom stereocenters. The number of halogens is 1. The predicted octanol–water partition coefficient (Wildman–Crippen LogP) is 3.41. The van der Waals surface area contributed by atoms with E-state index in [1.165, 1.54) is 6.26 Å². The fourth-order valence-electron chi connectivity index (χ4n) is 2.31. The molecule has 0 fully saturated rings. The molecule has 128 valence electrons. The molecule has 0 bridgehead atoms. The van der Waals surface area contributed by atoms with Crippen LogP contribution in [0.1, 0.15) is 11.1 Å². The summed E-state index contributed by atoms with van der Waals surface area (Å²) < 4.78 is 23.7. The summed E-state index contributed by atoms with van der Waals surface area (Å²) in [4.78, 5) is 12.3. The molecule has 0 saturated heterocycles. The van der Waals surface area contributed by atoms with Crippen LogP contribution in [0.4, 0.5) is 11.4 Å². The first-order valence-corrected chi connectivity index (χ1v) is 9.54. The number of anilines is 2. The van der Waals surface area contributed by atoms with Gasteiger partial charge in [-0.3, -0.25) is 4.79 Å². The Kier molecular flexibility index (Phi) is 5.51. The second-order valence-electron chi connectivity index (χ2n) is 5.62. The second-order valence-corrected chi connectivity index (χ2v) is 8.04. The lowest BCUT2D eigenvalue weighted by Crippen LogP contribution is -2.22. The molecule has 0 aromatic heterocycles. The van der Waals surface area contributed by atoms with E-state index in [9.17, 15) is 13.2 Å². The quantitative estimate of drug-likeness (QED) is 0.850. The highest BCUT2D eigenvalue weighted by molar-refractivity contribution is 7.90. The van der Waals surface area contributed by atoms with Gasteiger partial charge in [-0.2, -0.15) is 0 Å². The Hall–Kier alpha value is -2.05. The van der Waals surface area contributed by atoms with Crippen LogP contribution in [0, 0.1) is 13.8 Å². The molecule has 2 N–H and O–H groups in total. The highest BCUT2D eigenvalue weighted by atomic mass is 35.5. The van der Waals surface area contributed by atoms with Gasteiger partial charge >= 0.3 is 0 Å². The number of aryl methyl sites for hydroxylation is 1. The van der Waals surface area contributed by atoms with Crippen molar-refractivity contribution in [3.05, 3.63) is 52.5 Å². The fourth-order valence-corrected chi connectivity index (χ4v) is 3.50. The standard InChI is InChI=1S/C17H19ClN2O3S/c1-11-8-15(12(2)16(9-11)24(3,22)23)19-10-17(21)20-14-6-4-13(18)5-7-14/h4-9,19H,10H2,1-3H3,(H,20,21). The van der Waals surface area contributed by atoms with Gasteiger partial charge in [0.1, 0.15) is 0 Å². The van der Waals surface area contributed by atoms with Gasteiger partial charge in [0.05, 0.1) is 11.4 Å². The molecule has 0 heterocycles. The number of hydrogen-bond donors (Lipinski definition) is 2. The average Bonchev–Trinajstić information content (AvgIpc) is 2.49. The van der Waals surface area contributed by atoms with Crippen LogP contribution < -0.4 is 10.6 Å². The Morgan fingerprint density at radius 1 is 1.12 bits per heavy atom. The predicted molar refractivity (Wildman–Crippen MR) is 97.6 cm³/mol. The van der Waals surface area contributed by atoms with Gasteiger partial charge < -0.3 is 10.6 Å². The van der Waals surface area contributed by atoms with E-state index in [2.05, 4.69) is 10.6 Å². The van der Waals surface area contributed by atoms with Crippen molar-refractivity contribution in [2.75, 3.05) is 23.4 Å². The monoisotopic (exact) mass is 366 g/mol. The van der Waals surface area contributed by atoms with E-state index in [-0.39, 0.29) is 17.3 Å². The van der Waals surface area contributed by atoms with E-state index in [1.54, 1.807) is 37.3 Å². The molecule has 0 atom stereocenters. The van der Waals surface area contributed by atoms with Crippen molar-refractivity contribution < 1.29 is 13.2 Å². The summed E-state index contributed by atoms with van der Waals surface area (Å²) in [5.41, 5.74) is 2.68. The summed E-state index contributed by atoms with van der Waals surface area (Å²) in [6, 6.07) is 10.2. The Morgan fingerprint density at radius 3 is 2.33 bits per heavy atom. The minimum absolute atomic E-state index is 0.0239. The molecule has 0 aliphatic carbocycles. The summed E-state index contributed by atoms with van der Waals surface area (Å²) in [6.45, 7) is 3.55. The molecule has 0 spiro atoms. The average molecular weight is 367 g/mol. The SMILES string of the molecule is Cc1cc(NCC(=O)Nc2ccc(Cl)cc2)c(C)c(S(C)(=O)=O)c1. The van der Waals surface area contributed by atoms with Crippen molar-refractivity contribution in [1.29, 1.82) is 0 Å². The molecule has 2 rings (SSSR count). The maximum absolute atomic E-state index is 12.0. The smallest absolute Gasteiger partial charge is 0.243 e. The molecule has 2 aromatic carbocycles. The topological polar surface area (TPSA) is 75.3 Å². The number of rotatable bonds is 5. The minimum Gasteiger partial charge on any atom is -0.376 e. The molecule has 0 radical (unpaired) electrons. The summed E-state index contributed by atoms with van der Waals surface area (Å²) in [7, 11) is -3.32. The number of amides is 1. The second kappa shape index (κ2) is 7.23. The van der Waals surface area contributed by atoms with Gasteiger partial charge in [0, 0.05) is 22.7 Å². The van der Waals surface area contributed by atoms with E-state index in [0.717, 1.165) is 5.56 Å². The number of carbonyl (C=O) groups excluding carboxylic acids is 1. The lowest BCUT2D eigenvalue weighted by Gasteiger charge is -2.14. The molecule has 2 aromatic rings. The number of carbonyl (C=O) groups is 1. The Labute approximate surface area is 147 Å². The van der Waals surface area contributed by atoms with Crippen LogP contribution in [0.3, 0.4) is 0 Å². The molecule has 0 aliphatic rings. The summed E-state index contributed by atoms with van der Waals surface area (Å²) in [5.74, 6) is -0.237. The summed E-state index contributed by atoms with van der Waals surface area (Å²) in [5, 5.41) is 6.33. The highest BCUT2D eigenvalue weighted by Crippen LogP contribution is 2.25. The van der Waals surface area contributed by atoms with Crippen molar-refractivity contribution >= 4 is 38.7 Å². The summed E-state index contributed by atoms with van der Waals surface area (Å²) in [6.07, 6.45) is 1.17. The van der Waals surface area contributed by atoms with Gasteiger partial charge in [-0.15, -0.1) is 0 Å². The molecular weight excluding hydrogens is 348 g/mol. The number of sulfone groups is 1. The Balaban J connectivity index is 2.10. The normalized spacial score (nSPS) is 11.2. The third-order valence-corrected chi connectivity index (χ3v) is 4.95. The highest BCUT2D eigenvalue weighted by Gasteiger charge is 2.15. The van der Waals surface area contributed by atoms with Crippen molar-refractivity contribution in [3.8, 4) is 0 Å². The first kappa shape index (κ1) is 18.3. The van der Waals surface area contributed by atoms with Crippen LogP contribution in [0.5, 0.6) is 0 Å². The van der Waals surface area contributed by atoms with E-state index in [4.69, 9.17) is 11.6 Å². The van der Waals surface area contributed by atoms with Gasteiger partial charge in [0.2, 0.25) is 5.91 Å². The van der Waals surface area contributed by atoms with Crippen LogP contribution in [0.15, 0.2) is 41.3 Å². The molecule has 24 heavy (non-hydrogen) atoms. The molecular formula is C17H19ClN2O3S. The van der Waals surface area contributed by atoms with Crippen LogP contribution in [0.25, 0.3) is 0 Å². The van der Waals surface area contributed by atoms with Gasteiger partial charge in [-0.25, -0.2) is 8.42 Å². The zero-order valence-electron chi connectivity index (χ0n) is 13.7. The van der Waals surface area contributed by atoms with Crippen LogP contribution in [0.2, 0.25) is 5.02 Å². The number of nitrogens with one attached hydrogen (secondary N) is 2.